The second-order valence-corrected chi connectivity index (χ2v) is 6.61. The molecule has 2 rings (SSSR count). The minimum absolute atomic E-state index is 0.174. The normalized spacial score (nSPS) is 11.2. The molecule has 0 aliphatic rings. The molecule has 0 bridgehead atoms. The van der Waals surface area contributed by atoms with Crippen molar-refractivity contribution in [3.63, 3.8) is 0 Å². The van der Waals surface area contributed by atoms with Crippen molar-refractivity contribution in [1.29, 1.82) is 0 Å². The average molecular weight is 345 g/mol. The highest BCUT2D eigenvalue weighted by atomic mass is 16.2. The molecule has 0 saturated carbocycles. The van der Waals surface area contributed by atoms with E-state index in [1.165, 1.54) is 4.57 Å². The summed E-state index contributed by atoms with van der Waals surface area (Å²) in [6.45, 7) is 7.32. The molecule has 1 aromatic heterocycles. The Morgan fingerprint density at radius 1 is 1.20 bits per heavy atom. The zero-order valence-electron chi connectivity index (χ0n) is 14.8. The van der Waals surface area contributed by atoms with E-state index in [1.807, 2.05) is 6.92 Å². The van der Waals surface area contributed by atoms with E-state index in [2.05, 4.69) is 21.2 Å². The van der Waals surface area contributed by atoms with E-state index in [-0.39, 0.29) is 24.0 Å². The van der Waals surface area contributed by atoms with Crippen molar-refractivity contribution in [2.75, 3.05) is 12.0 Å². The number of nitrogens with one attached hydrogen (secondary N) is 3. The molecule has 134 valence electrons. The average Bonchev–Trinajstić information content (AvgIpc) is 2.57. The van der Waals surface area contributed by atoms with Crippen LogP contribution in [0.15, 0.2) is 29.1 Å². The number of anilines is 1. The summed E-state index contributed by atoms with van der Waals surface area (Å²) < 4.78 is 1.43. The van der Waals surface area contributed by atoms with Crippen molar-refractivity contribution in [1.82, 2.24) is 20.3 Å². The molecule has 0 unspecified atom stereocenters. The zero-order valence-corrected chi connectivity index (χ0v) is 14.8. The van der Waals surface area contributed by atoms with E-state index in [1.54, 1.807) is 45.0 Å². The second-order valence-electron chi connectivity index (χ2n) is 6.61. The smallest absolute Gasteiger partial charge is 0.262 e. The molecule has 8 heteroatoms. The van der Waals surface area contributed by atoms with Crippen LogP contribution in [0.3, 0.4) is 0 Å². The third kappa shape index (κ3) is 4.34. The van der Waals surface area contributed by atoms with E-state index in [4.69, 9.17) is 0 Å². The fourth-order valence-corrected chi connectivity index (χ4v) is 2.15. The van der Waals surface area contributed by atoms with Gasteiger partial charge in [-0.2, -0.15) is 0 Å². The molecule has 1 aromatic carbocycles. The highest BCUT2D eigenvalue weighted by molar-refractivity contribution is 5.87. The third-order valence-electron chi connectivity index (χ3n) is 3.58. The van der Waals surface area contributed by atoms with E-state index < -0.39 is 11.3 Å². The van der Waals surface area contributed by atoms with Crippen LogP contribution in [0.1, 0.15) is 27.7 Å². The molecule has 2 amide bonds. The largest absolute Gasteiger partial charge is 0.347 e. The van der Waals surface area contributed by atoms with Gasteiger partial charge in [0, 0.05) is 12.0 Å². The Hall–Kier alpha value is -2.90. The molecule has 0 aliphatic heterocycles. The van der Waals surface area contributed by atoms with Gasteiger partial charge in [0.2, 0.25) is 11.9 Å². The standard InChI is InChI=1S/C17H23N5O3/c1-5-22-14(24)11-8-6-7-9-12(11)19-16(22)21-20-13(23)10-18-15(25)17(2,3)4/h6-9H,5,10H2,1-4H3,(H,18,25)(H,19,21)(H,20,23). The Morgan fingerprint density at radius 2 is 1.88 bits per heavy atom. The first kappa shape index (κ1) is 18.4. The quantitative estimate of drug-likeness (QED) is 0.702. The van der Waals surface area contributed by atoms with Crippen molar-refractivity contribution in [3.8, 4) is 0 Å². The zero-order chi connectivity index (χ0) is 18.6. The van der Waals surface area contributed by atoms with Crippen molar-refractivity contribution in [2.45, 2.75) is 34.2 Å². The lowest BCUT2D eigenvalue weighted by molar-refractivity contribution is -0.131. The fraction of sp³-hybridized carbons (Fsp3) is 0.412. The maximum Gasteiger partial charge on any atom is 0.262 e. The number of para-hydroxylation sites is 1. The van der Waals surface area contributed by atoms with Crippen molar-refractivity contribution < 1.29 is 9.59 Å². The molecule has 3 N–H and O–H groups in total. The lowest BCUT2D eigenvalue weighted by atomic mass is 9.96. The van der Waals surface area contributed by atoms with Crippen LogP contribution < -0.4 is 21.7 Å². The van der Waals surface area contributed by atoms with Crippen LogP contribution in [-0.2, 0) is 16.1 Å². The maximum atomic E-state index is 12.5. The fourth-order valence-electron chi connectivity index (χ4n) is 2.15. The minimum Gasteiger partial charge on any atom is -0.347 e. The number of fused-ring (bicyclic) bond motifs is 1. The van der Waals surface area contributed by atoms with Crippen LogP contribution in [0.4, 0.5) is 5.95 Å². The van der Waals surface area contributed by atoms with Crippen LogP contribution in [0.2, 0.25) is 0 Å². The Balaban J connectivity index is 2.09. The SMILES string of the molecule is CCn1c(NNC(=O)CNC(=O)C(C)(C)C)nc2ccccc2c1=O. The molecular weight excluding hydrogens is 322 g/mol. The van der Waals surface area contributed by atoms with Gasteiger partial charge in [0.05, 0.1) is 17.4 Å². The van der Waals surface area contributed by atoms with Gasteiger partial charge >= 0.3 is 0 Å². The second kappa shape index (κ2) is 7.33. The molecule has 0 spiro atoms. The van der Waals surface area contributed by atoms with Gasteiger partial charge in [0.25, 0.3) is 11.5 Å². The van der Waals surface area contributed by atoms with Crippen molar-refractivity contribution in [3.05, 3.63) is 34.6 Å². The molecule has 0 aliphatic carbocycles. The first-order valence-corrected chi connectivity index (χ1v) is 8.06. The van der Waals surface area contributed by atoms with Crippen LogP contribution >= 0.6 is 0 Å². The summed E-state index contributed by atoms with van der Waals surface area (Å²) in [6, 6.07) is 7.00. The number of aromatic nitrogens is 2. The van der Waals surface area contributed by atoms with E-state index in [0.29, 0.717) is 17.4 Å². The van der Waals surface area contributed by atoms with Gasteiger partial charge in [0.15, 0.2) is 0 Å². The van der Waals surface area contributed by atoms with Crippen LogP contribution in [0.5, 0.6) is 0 Å². The molecule has 2 aromatic rings. The van der Waals surface area contributed by atoms with Gasteiger partial charge in [-0.15, -0.1) is 0 Å². The summed E-state index contributed by atoms with van der Waals surface area (Å²) in [6.07, 6.45) is 0. The first-order chi connectivity index (χ1) is 11.7. The predicted molar refractivity (Wildman–Crippen MR) is 95.9 cm³/mol. The number of hydrogen-bond acceptors (Lipinski definition) is 5. The lowest BCUT2D eigenvalue weighted by Gasteiger charge is -2.18. The molecule has 25 heavy (non-hydrogen) atoms. The van der Waals surface area contributed by atoms with Gasteiger partial charge < -0.3 is 5.32 Å². The molecule has 0 saturated heterocycles. The number of amides is 2. The third-order valence-corrected chi connectivity index (χ3v) is 3.58. The highest BCUT2D eigenvalue weighted by Crippen LogP contribution is 2.12. The molecule has 8 nitrogen and oxygen atoms in total. The summed E-state index contributed by atoms with van der Waals surface area (Å²) in [7, 11) is 0. The molecular formula is C17H23N5O3. The summed E-state index contributed by atoms with van der Waals surface area (Å²) >= 11 is 0. The van der Waals surface area contributed by atoms with Crippen molar-refractivity contribution >= 4 is 28.7 Å². The number of hydrogen-bond donors (Lipinski definition) is 3. The Morgan fingerprint density at radius 3 is 2.52 bits per heavy atom. The summed E-state index contributed by atoms with van der Waals surface area (Å²) in [5.74, 6) is -0.429. The molecule has 1 heterocycles. The molecule has 0 atom stereocenters. The number of rotatable bonds is 5. The van der Waals surface area contributed by atoms with Gasteiger partial charge in [-0.3, -0.25) is 29.8 Å². The number of hydrazine groups is 1. The predicted octanol–water partition coefficient (Wildman–Crippen LogP) is 1.02. The van der Waals surface area contributed by atoms with E-state index >= 15 is 0 Å². The Labute approximate surface area is 145 Å². The minimum atomic E-state index is -0.573. The lowest BCUT2D eigenvalue weighted by Crippen LogP contribution is -2.44. The van der Waals surface area contributed by atoms with E-state index in [9.17, 15) is 14.4 Å². The van der Waals surface area contributed by atoms with Crippen LogP contribution in [-0.4, -0.2) is 27.9 Å². The van der Waals surface area contributed by atoms with Gasteiger partial charge in [0.1, 0.15) is 0 Å². The molecule has 0 radical (unpaired) electrons. The van der Waals surface area contributed by atoms with E-state index in [0.717, 1.165) is 0 Å². The summed E-state index contributed by atoms with van der Waals surface area (Å²) in [4.78, 5) is 40.5. The summed E-state index contributed by atoms with van der Waals surface area (Å²) in [5, 5.41) is 3.06. The molecule has 0 fully saturated rings. The first-order valence-electron chi connectivity index (χ1n) is 8.06. The topological polar surface area (TPSA) is 105 Å². The van der Waals surface area contributed by atoms with Crippen LogP contribution in [0.25, 0.3) is 10.9 Å². The number of carbonyl (C=O) groups excluding carboxylic acids is 2. The number of benzene rings is 1. The van der Waals surface area contributed by atoms with Gasteiger partial charge in [-0.05, 0) is 19.1 Å². The van der Waals surface area contributed by atoms with Gasteiger partial charge in [-0.25, -0.2) is 4.98 Å². The maximum absolute atomic E-state index is 12.5. The van der Waals surface area contributed by atoms with Crippen LogP contribution in [0, 0.1) is 5.41 Å². The van der Waals surface area contributed by atoms with Gasteiger partial charge in [-0.1, -0.05) is 32.9 Å². The summed E-state index contributed by atoms with van der Waals surface area (Å²) in [5.41, 5.74) is 4.88. The Bertz CT molecular complexity index is 851. The number of nitrogens with zero attached hydrogens (tertiary/aromatic N) is 2. The highest BCUT2D eigenvalue weighted by Gasteiger charge is 2.21. The Kier molecular flexibility index (Phi) is 5.41. The monoisotopic (exact) mass is 345 g/mol. The van der Waals surface area contributed by atoms with Crippen molar-refractivity contribution in [2.24, 2.45) is 5.41 Å². The number of carbonyl (C=O) groups is 2.